The largest absolute Gasteiger partial charge is 0.375 e. The topological polar surface area (TPSA) is 89.3 Å². The Hall–Kier alpha value is -2.74. The van der Waals surface area contributed by atoms with Gasteiger partial charge in [-0.25, -0.2) is 4.68 Å². The van der Waals surface area contributed by atoms with Gasteiger partial charge in [-0.05, 0) is 17.9 Å². The van der Waals surface area contributed by atoms with Crippen LogP contribution in [0.4, 0.5) is 0 Å². The van der Waals surface area contributed by atoms with Gasteiger partial charge in [0.2, 0.25) is 11.8 Å². The normalized spacial score (nSPS) is 16.3. The molecule has 0 bridgehead atoms. The zero-order valence-electron chi connectivity index (χ0n) is 16.4. The summed E-state index contributed by atoms with van der Waals surface area (Å²) in [6, 6.07) is 9.48. The lowest BCUT2D eigenvalue weighted by Gasteiger charge is -2.33. The van der Waals surface area contributed by atoms with Crippen molar-refractivity contribution in [3.63, 3.8) is 0 Å². The van der Waals surface area contributed by atoms with E-state index >= 15 is 0 Å². The van der Waals surface area contributed by atoms with Crippen molar-refractivity contribution in [3.05, 3.63) is 47.8 Å². The summed E-state index contributed by atoms with van der Waals surface area (Å²) in [7, 11) is 0. The average Bonchev–Trinajstić information content (AvgIpc) is 3.13. The van der Waals surface area contributed by atoms with Gasteiger partial charge in [-0.2, -0.15) is 0 Å². The Bertz CT molecular complexity index is 790. The lowest BCUT2D eigenvalue weighted by atomic mass is 10.0. The maximum Gasteiger partial charge on any atom is 0.248 e. The van der Waals surface area contributed by atoms with E-state index in [2.05, 4.69) is 29.5 Å². The lowest BCUT2D eigenvalue weighted by Crippen LogP contribution is -2.47. The predicted octanol–water partition coefficient (Wildman–Crippen LogP) is 1.54. The van der Waals surface area contributed by atoms with E-state index in [1.165, 1.54) is 0 Å². The van der Waals surface area contributed by atoms with Crippen LogP contribution in [-0.4, -0.2) is 51.4 Å². The van der Waals surface area contributed by atoms with Gasteiger partial charge in [0.25, 0.3) is 0 Å². The molecule has 0 radical (unpaired) electrons. The van der Waals surface area contributed by atoms with Crippen LogP contribution in [0.2, 0.25) is 0 Å². The van der Waals surface area contributed by atoms with Crippen LogP contribution in [0.15, 0.2) is 36.5 Å². The quantitative estimate of drug-likeness (QED) is 0.662. The minimum absolute atomic E-state index is 0.0251. The SMILES string of the molecule is CC(C)C[C@H]1C(=O)N(CC(=O)NCCOCc2ccccc2)Cc2cnnn21. The Labute approximate surface area is 164 Å². The molecule has 28 heavy (non-hydrogen) atoms. The van der Waals surface area contributed by atoms with Crippen molar-refractivity contribution in [1.29, 1.82) is 0 Å². The van der Waals surface area contributed by atoms with Gasteiger partial charge < -0.3 is 15.0 Å². The van der Waals surface area contributed by atoms with Crippen molar-refractivity contribution in [2.45, 2.75) is 39.5 Å². The standard InChI is InChI=1S/C20H27N5O3/c1-15(2)10-18-20(27)24(12-17-11-22-23-25(17)18)13-19(26)21-8-9-28-14-16-6-4-3-5-7-16/h3-7,11,15,18H,8-10,12-14H2,1-2H3,(H,21,26)/t18-/m0/s1. The van der Waals surface area contributed by atoms with Crippen molar-refractivity contribution in [2.75, 3.05) is 19.7 Å². The van der Waals surface area contributed by atoms with Crippen LogP contribution in [0.25, 0.3) is 0 Å². The second-order valence-corrected chi connectivity index (χ2v) is 7.40. The molecular formula is C20H27N5O3. The second kappa shape index (κ2) is 9.45. The van der Waals surface area contributed by atoms with Crippen molar-refractivity contribution in [3.8, 4) is 0 Å². The molecule has 3 rings (SSSR count). The van der Waals surface area contributed by atoms with Crippen LogP contribution in [0.5, 0.6) is 0 Å². The number of rotatable bonds is 9. The molecule has 1 aromatic carbocycles. The molecule has 0 aliphatic carbocycles. The molecule has 8 heteroatoms. The molecule has 0 spiro atoms. The monoisotopic (exact) mass is 385 g/mol. The zero-order chi connectivity index (χ0) is 19.9. The van der Waals surface area contributed by atoms with Crippen molar-refractivity contribution in [1.82, 2.24) is 25.2 Å². The summed E-state index contributed by atoms with van der Waals surface area (Å²) in [6.45, 7) is 5.82. The second-order valence-electron chi connectivity index (χ2n) is 7.40. The van der Waals surface area contributed by atoms with E-state index in [-0.39, 0.29) is 18.4 Å². The Morgan fingerprint density at radius 3 is 2.86 bits per heavy atom. The van der Waals surface area contributed by atoms with E-state index in [9.17, 15) is 9.59 Å². The van der Waals surface area contributed by atoms with E-state index in [1.807, 2.05) is 30.3 Å². The number of hydrogen-bond acceptors (Lipinski definition) is 5. The minimum Gasteiger partial charge on any atom is -0.375 e. The molecule has 1 atom stereocenters. The summed E-state index contributed by atoms with van der Waals surface area (Å²) in [5, 5.41) is 10.8. The maximum atomic E-state index is 12.8. The summed E-state index contributed by atoms with van der Waals surface area (Å²) < 4.78 is 7.25. The van der Waals surface area contributed by atoms with Crippen LogP contribution in [0.3, 0.4) is 0 Å². The first kappa shape index (κ1) is 20.0. The fourth-order valence-corrected chi connectivity index (χ4v) is 3.27. The Balaban J connectivity index is 1.45. The number of ether oxygens (including phenoxy) is 1. The molecule has 150 valence electrons. The summed E-state index contributed by atoms with van der Waals surface area (Å²) >= 11 is 0. The Kier molecular flexibility index (Phi) is 6.76. The van der Waals surface area contributed by atoms with Gasteiger partial charge in [-0.15, -0.1) is 5.10 Å². The fourth-order valence-electron chi connectivity index (χ4n) is 3.27. The number of benzene rings is 1. The molecule has 8 nitrogen and oxygen atoms in total. The lowest BCUT2D eigenvalue weighted by molar-refractivity contribution is -0.142. The first-order valence-electron chi connectivity index (χ1n) is 9.61. The van der Waals surface area contributed by atoms with E-state index in [0.717, 1.165) is 11.3 Å². The van der Waals surface area contributed by atoms with Crippen LogP contribution in [0, 0.1) is 5.92 Å². The molecular weight excluding hydrogens is 358 g/mol. The van der Waals surface area contributed by atoms with E-state index in [0.29, 0.717) is 38.6 Å². The smallest absolute Gasteiger partial charge is 0.248 e. The van der Waals surface area contributed by atoms with Gasteiger partial charge >= 0.3 is 0 Å². The highest BCUT2D eigenvalue weighted by molar-refractivity contribution is 5.87. The predicted molar refractivity (Wildman–Crippen MR) is 103 cm³/mol. The van der Waals surface area contributed by atoms with E-state index in [1.54, 1.807) is 15.8 Å². The van der Waals surface area contributed by atoms with Crippen LogP contribution >= 0.6 is 0 Å². The third kappa shape index (κ3) is 5.16. The third-order valence-electron chi connectivity index (χ3n) is 4.60. The van der Waals surface area contributed by atoms with Crippen molar-refractivity contribution in [2.24, 2.45) is 5.92 Å². The van der Waals surface area contributed by atoms with Gasteiger partial charge in [0.05, 0.1) is 38.2 Å². The molecule has 2 heterocycles. The fraction of sp³-hybridized carbons (Fsp3) is 0.500. The molecule has 2 amide bonds. The first-order valence-corrected chi connectivity index (χ1v) is 9.61. The Morgan fingerprint density at radius 2 is 2.11 bits per heavy atom. The summed E-state index contributed by atoms with van der Waals surface area (Å²) in [5.74, 6) is 0.0598. The highest BCUT2D eigenvalue weighted by atomic mass is 16.5. The number of nitrogens with zero attached hydrogens (tertiary/aromatic N) is 4. The summed E-state index contributed by atoms with van der Waals surface area (Å²) in [4.78, 5) is 26.7. The number of fused-ring (bicyclic) bond motifs is 1. The zero-order valence-corrected chi connectivity index (χ0v) is 16.4. The molecule has 1 aromatic heterocycles. The summed E-state index contributed by atoms with van der Waals surface area (Å²) in [6.07, 6.45) is 2.32. The number of amides is 2. The minimum atomic E-state index is -0.395. The number of hydrogen-bond donors (Lipinski definition) is 1. The molecule has 0 saturated carbocycles. The highest BCUT2D eigenvalue weighted by Gasteiger charge is 2.35. The number of carbonyl (C=O) groups is 2. The third-order valence-corrected chi connectivity index (χ3v) is 4.60. The Morgan fingerprint density at radius 1 is 1.32 bits per heavy atom. The summed E-state index contributed by atoms with van der Waals surface area (Å²) in [5.41, 5.74) is 1.94. The van der Waals surface area contributed by atoms with Crippen LogP contribution < -0.4 is 5.32 Å². The molecule has 0 fully saturated rings. The van der Waals surface area contributed by atoms with Crippen molar-refractivity contribution < 1.29 is 14.3 Å². The van der Waals surface area contributed by atoms with E-state index < -0.39 is 6.04 Å². The van der Waals surface area contributed by atoms with Crippen LogP contribution in [0.1, 0.15) is 37.6 Å². The molecule has 0 saturated heterocycles. The van der Waals surface area contributed by atoms with Crippen LogP contribution in [-0.2, 0) is 27.5 Å². The average molecular weight is 385 g/mol. The highest BCUT2D eigenvalue weighted by Crippen LogP contribution is 2.26. The number of aromatic nitrogens is 3. The van der Waals surface area contributed by atoms with Gasteiger partial charge in [0.15, 0.2) is 0 Å². The van der Waals surface area contributed by atoms with Gasteiger partial charge in [-0.3, -0.25) is 9.59 Å². The maximum absolute atomic E-state index is 12.8. The number of nitrogens with one attached hydrogen (secondary N) is 1. The number of carbonyl (C=O) groups excluding carboxylic acids is 2. The molecule has 2 aromatic rings. The van der Waals surface area contributed by atoms with Gasteiger partial charge in [-0.1, -0.05) is 49.4 Å². The van der Waals surface area contributed by atoms with E-state index in [4.69, 9.17) is 4.74 Å². The molecule has 1 N–H and O–H groups in total. The van der Waals surface area contributed by atoms with Gasteiger partial charge in [0.1, 0.15) is 6.04 Å². The van der Waals surface area contributed by atoms with Crippen molar-refractivity contribution >= 4 is 11.8 Å². The molecule has 1 aliphatic rings. The molecule has 1 aliphatic heterocycles. The first-order chi connectivity index (χ1) is 13.5. The molecule has 0 unspecified atom stereocenters. The van der Waals surface area contributed by atoms with Gasteiger partial charge in [0, 0.05) is 6.54 Å².